The number of benzene rings is 3. The number of hydrogen-bond acceptors (Lipinski definition) is 2. The van der Waals surface area contributed by atoms with Gasteiger partial charge in [0.2, 0.25) is 5.62 Å². The van der Waals surface area contributed by atoms with Crippen molar-refractivity contribution >= 4 is 22.8 Å². The molecule has 0 radical (unpaired) electrons. The molecule has 0 aliphatic carbocycles. The number of nitrogens with one attached hydrogen (secondary N) is 1. The van der Waals surface area contributed by atoms with Crippen LogP contribution in [-0.2, 0) is 13.0 Å². The molecule has 1 aromatic heterocycles. The first-order valence-electron chi connectivity index (χ1n) is 10.4. The Bertz CT molecular complexity index is 1180. The van der Waals surface area contributed by atoms with Crippen LogP contribution in [0.3, 0.4) is 0 Å². The monoisotopic (exact) mass is 415 g/mol. The molecule has 0 spiro atoms. The topological polar surface area (TPSA) is 33.7 Å². The summed E-state index contributed by atoms with van der Waals surface area (Å²) >= 11 is 1.85. The van der Waals surface area contributed by atoms with Crippen molar-refractivity contribution < 1.29 is 0 Å². The van der Waals surface area contributed by atoms with Gasteiger partial charge >= 0.3 is 0 Å². The van der Waals surface area contributed by atoms with Crippen LogP contribution in [0.4, 0.5) is 0 Å². The van der Waals surface area contributed by atoms with E-state index in [-0.39, 0.29) is 6.04 Å². The number of hydrogen-bond donors (Lipinski definition) is 1. The Hall–Kier alpha value is -2.72. The average molecular weight is 416 g/mol. The molecule has 4 aromatic rings. The maximum atomic E-state index is 9.09. The molecule has 4 rings (SSSR count). The van der Waals surface area contributed by atoms with Crippen molar-refractivity contribution in [3.8, 4) is 0 Å². The second-order valence-corrected chi connectivity index (χ2v) is 8.96. The Morgan fingerprint density at radius 1 is 0.800 bits per heavy atom. The molecule has 3 nitrogen and oxygen atoms in total. The van der Waals surface area contributed by atoms with Gasteiger partial charge in [-0.3, -0.25) is 5.41 Å². The zero-order chi connectivity index (χ0) is 21.1. The molecule has 0 unspecified atom stereocenters. The number of para-hydroxylation sites is 2. The summed E-state index contributed by atoms with van der Waals surface area (Å²) in [7, 11) is 0. The second-order valence-electron chi connectivity index (χ2n) is 8.05. The number of rotatable bonds is 7. The summed E-state index contributed by atoms with van der Waals surface area (Å²) in [4.78, 5) is 0. The molecule has 0 amide bonds. The highest BCUT2D eigenvalue weighted by Crippen LogP contribution is 2.24. The fraction of sp³-hybridized carbons (Fsp3) is 0.269. The quantitative estimate of drug-likeness (QED) is 0.411. The highest BCUT2D eigenvalue weighted by molar-refractivity contribution is 7.98. The molecule has 3 aromatic carbocycles. The highest BCUT2D eigenvalue weighted by atomic mass is 32.2. The van der Waals surface area contributed by atoms with E-state index in [9.17, 15) is 0 Å². The molecule has 1 atom stereocenters. The summed E-state index contributed by atoms with van der Waals surface area (Å²) in [5.74, 6) is 0.975. The highest BCUT2D eigenvalue weighted by Gasteiger charge is 2.19. The molecule has 1 N–H and O–H groups in total. The third-order valence-corrected chi connectivity index (χ3v) is 6.41. The first kappa shape index (κ1) is 20.5. The number of thioether (sulfide) groups is 1. The third-order valence-electron chi connectivity index (χ3n) is 5.69. The van der Waals surface area contributed by atoms with Crippen molar-refractivity contribution in [3.05, 3.63) is 101 Å². The van der Waals surface area contributed by atoms with Crippen molar-refractivity contribution in [2.45, 2.75) is 32.9 Å². The Labute approximate surface area is 182 Å². The predicted octanol–water partition coefficient (Wildman–Crippen LogP) is 5.73. The fourth-order valence-electron chi connectivity index (χ4n) is 4.07. The van der Waals surface area contributed by atoms with Crippen LogP contribution in [0.15, 0.2) is 72.8 Å². The number of fused-ring (bicyclic) bond motifs is 1. The summed E-state index contributed by atoms with van der Waals surface area (Å²) < 4.78 is 4.38. The van der Waals surface area contributed by atoms with Gasteiger partial charge in [0.05, 0.1) is 23.6 Å². The summed E-state index contributed by atoms with van der Waals surface area (Å²) in [5, 5.41) is 9.09. The first-order valence-corrected chi connectivity index (χ1v) is 11.8. The van der Waals surface area contributed by atoms with Crippen molar-refractivity contribution in [3.63, 3.8) is 0 Å². The number of nitrogens with zero attached hydrogens (tertiary/aromatic N) is 2. The van der Waals surface area contributed by atoms with Crippen LogP contribution in [0, 0.1) is 19.3 Å². The van der Waals surface area contributed by atoms with Gasteiger partial charge in [-0.15, -0.1) is 0 Å². The van der Waals surface area contributed by atoms with Crippen LogP contribution in [0.1, 0.15) is 28.3 Å². The zero-order valence-corrected chi connectivity index (χ0v) is 18.7. The zero-order valence-electron chi connectivity index (χ0n) is 17.9. The van der Waals surface area contributed by atoms with Crippen LogP contribution in [0.2, 0.25) is 0 Å². The largest absolute Gasteiger partial charge is 0.306 e. The maximum absolute atomic E-state index is 9.09. The summed E-state index contributed by atoms with van der Waals surface area (Å²) in [6, 6.07) is 26.1. The van der Waals surface area contributed by atoms with E-state index >= 15 is 0 Å². The summed E-state index contributed by atoms with van der Waals surface area (Å²) in [5.41, 5.74) is 7.92. The number of aryl methyl sites for hydroxylation is 2. The molecular weight excluding hydrogens is 386 g/mol. The van der Waals surface area contributed by atoms with Gasteiger partial charge in [0.1, 0.15) is 0 Å². The van der Waals surface area contributed by atoms with Gasteiger partial charge < -0.3 is 9.13 Å². The van der Waals surface area contributed by atoms with Crippen molar-refractivity contribution in [1.82, 2.24) is 9.13 Å². The normalized spacial score (nSPS) is 12.4. The van der Waals surface area contributed by atoms with E-state index in [0.29, 0.717) is 12.2 Å². The molecule has 154 valence electrons. The van der Waals surface area contributed by atoms with Gasteiger partial charge in [-0.05, 0) is 49.8 Å². The average Bonchev–Trinajstić information content (AvgIpc) is 3.02. The molecular formula is C26H29N3S. The lowest BCUT2D eigenvalue weighted by atomic mass is 10.1. The van der Waals surface area contributed by atoms with Crippen molar-refractivity contribution in [2.24, 2.45) is 0 Å². The molecule has 1 heterocycles. The Balaban J connectivity index is 1.78. The summed E-state index contributed by atoms with van der Waals surface area (Å²) in [6.45, 7) is 4.94. The van der Waals surface area contributed by atoms with Crippen LogP contribution in [0.5, 0.6) is 0 Å². The van der Waals surface area contributed by atoms with E-state index in [1.807, 2.05) is 11.8 Å². The van der Waals surface area contributed by atoms with Gasteiger partial charge in [-0.2, -0.15) is 11.8 Å². The minimum absolute atomic E-state index is 0.236. The van der Waals surface area contributed by atoms with Gasteiger partial charge in [-0.1, -0.05) is 71.8 Å². The van der Waals surface area contributed by atoms with Crippen LogP contribution < -0.4 is 5.62 Å². The SMILES string of the molecule is CSC[C@H](Cc1ccc(C)cc1)n1c(=N)n(Cc2ccc(C)cc2)c2ccccc21. The van der Waals surface area contributed by atoms with Crippen LogP contribution in [0.25, 0.3) is 11.0 Å². The van der Waals surface area contributed by atoms with E-state index in [1.165, 1.54) is 22.3 Å². The fourth-order valence-corrected chi connectivity index (χ4v) is 4.73. The van der Waals surface area contributed by atoms with E-state index in [0.717, 1.165) is 23.2 Å². The lowest BCUT2D eigenvalue weighted by Crippen LogP contribution is -2.30. The van der Waals surface area contributed by atoms with E-state index in [4.69, 9.17) is 5.41 Å². The minimum Gasteiger partial charge on any atom is -0.306 e. The van der Waals surface area contributed by atoms with Crippen molar-refractivity contribution in [2.75, 3.05) is 12.0 Å². The van der Waals surface area contributed by atoms with Crippen molar-refractivity contribution in [1.29, 1.82) is 5.41 Å². The van der Waals surface area contributed by atoms with Crippen LogP contribution >= 0.6 is 11.8 Å². The molecule has 4 heteroatoms. The van der Waals surface area contributed by atoms with Gasteiger partial charge in [0.15, 0.2) is 0 Å². The maximum Gasteiger partial charge on any atom is 0.203 e. The van der Waals surface area contributed by atoms with E-state index < -0.39 is 0 Å². The predicted molar refractivity (Wildman–Crippen MR) is 128 cm³/mol. The molecule has 0 bridgehead atoms. The molecule has 0 saturated carbocycles. The second kappa shape index (κ2) is 8.97. The summed E-state index contributed by atoms with van der Waals surface area (Å²) in [6.07, 6.45) is 3.08. The Kier molecular flexibility index (Phi) is 6.14. The Morgan fingerprint density at radius 3 is 1.97 bits per heavy atom. The van der Waals surface area contributed by atoms with Crippen LogP contribution in [-0.4, -0.2) is 21.1 Å². The molecule has 30 heavy (non-hydrogen) atoms. The van der Waals surface area contributed by atoms with Gasteiger partial charge in [0, 0.05) is 5.75 Å². The standard InChI is InChI=1S/C26H29N3S/c1-19-8-12-21(13-9-19)16-23(18-30-3)29-25-7-5-4-6-24(25)28(26(29)27)17-22-14-10-20(2)11-15-22/h4-15,23,27H,16-18H2,1-3H3/t23-/m0/s1. The van der Waals surface area contributed by atoms with E-state index in [1.54, 1.807) is 0 Å². The van der Waals surface area contributed by atoms with E-state index in [2.05, 4.69) is 102 Å². The number of imidazole rings is 1. The third kappa shape index (κ3) is 4.24. The Morgan fingerprint density at radius 2 is 1.37 bits per heavy atom. The van der Waals surface area contributed by atoms with Gasteiger partial charge in [0.25, 0.3) is 0 Å². The number of aromatic nitrogens is 2. The molecule has 0 saturated heterocycles. The first-order chi connectivity index (χ1) is 14.6. The minimum atomic E-state index is 0.236. The van der Waals surface area contributed by atoms with Gasteiger partial charge in [-0.25, -0.2) is 0 Å². The molecule has 0 fully saturated rings. The lowest BCUT2D eigenvalue weighted by molar-refractivity contribution is 0.521. The molecule has 0 aliphatic heterocycles. The lowest BCUT2D eigenvalue weighted by Gasteiger charge is -2.19. The molecule has 0 aliphatic rings. The smallest absolute Gasteiger partial charge is 0.203 e.